The lowest BCUT2D eigenvalue weighted by Gasteiger charge is -2.26. The maximum atomic E-state index is 6.02. The molecule has 20 heavy (non-hydrogen) atoms. The minimum Gasteiger partial charge on any atom is -0.492 e. The van der Waals surface area contributed by atoms with Crippen LogP contribution in [0.2, 0.25) is 0 Å². The maximum Gasteiger partial charge on any atom is 0.123 e. The Hall–Kier alpha value is -1.02. The molecule has 2 heteroatoms. The van der Waals surface area contributed by atoms with Gasteiger partial charge in [-0.2, -0.15) is 0 Å². The third kappa shape index (κ3) is 5.16. The van der Waals surface area contributed by atoms with Crippen LogP contribution >= 0.6 is 0 Å². The van der Waals surface area contributed by atoms with Crippen molar-refractivity contribution in [3.05, 3.63) is 29.3 Å². The molecule has 1 aromatic rings. The molecule has 0 saturated heterocycles. The highest BCUT2D eigenvalue weighted by molar-refractivity contribution is 5.41. The molecule has 0 amide bonds. The third-order valence-corrected chi connectivity index (χ3v) is 3.79. The molecule has 2 nitrogen and oxygen atoms in total. The first-order valence-corrected chi connectivity index (χ1v) is 7.65. The molecule has 1 aromatic carbocycles. The van der Waals surface area contributed by atoms with E-state index >= 15 is 0 Å². The standard InChI is InChI=1S/C18H31NO/c1-8-18(6,7)19-11-12-20-16-13-14(2)9-10-15(16)17(3,4)5/h9-10,13,19H,8,11-12H2,1-7H3. The summed E-state index contributed by atoms with van der Waals surface area (Å²) < 4.78 is 6.02. The molecule has 0 aliphatic heterocycles. The Kier molecular flexibility index (Phi) is 5.64. The van der Waals surface area contributed by atoms with Crippen molar-refractivity contribution < 1.29 is 4.74 Å². The van der Waals surface area contributed by atoms with Gasteiger partial charge in [0.2, 0.25) is 0 Å². The van der Waals surface area contributed by atoms with Gasteiger partial charge in [-0.25, -0.2) is 0 Å². The fourth-order valence-corrected chi connectivity index (χ4v) is 2.04. The van der Waals surface area contributed by atoms with E-state index in [1.165, 1.54) is 11.1 Å². The molecule has 0 atom stereocenters. The lowest BCUT2D eigenvalue weighted by Crippen LogP contribution is -2.40. The highest BCUT2D eigenvalue weighted by Gasteiger charge is 2.19. The number of nitrogens with one attached hydrogen (secondary N) is 1. The van der Waals surface area contributed by atoms with Crippen molar-refractivity contribution in [2.24, 2.45) is 0 Å². The van der Waals surface area contributed by atoms with E-state index in [4.69, 9.17) is 4.74 Å². The van der Waals surface area contributed by atoms with Crippen LogP contribution in [0.15, 0.2) is 18.2 Å². The molecule has 0 unspecified atom stereocenters. The van der Waals surface area contributed by atoms with Gasteiger partial charge in [-0.15, -0.1) is 0 Å². The van der Waals surface area contributed by atoms with Crippen LogP contribution < -0.4 is 10.1 Å². The zero-order valence-corrected chi connectivity index (χ0v) is 14.3. The van der Waals surface area contributed by atoms with Crippen molar-refractivity contribution in [3.63, 3.8) is 0 Å². The molecule has 0 radical (unpaired) electrons. The summed E-state index contributed by atoms with van der Waals surface area (Å²) in [5, 5.41) is 3.53. The number of hydrogen-bond acceptors (Lipinski definition) is 2. The van der Waals surface area contributed by atoms with Crippen LogP contribution in [0.3, 0.4) is 0 Å². The van der Waals surface area contributed by atoms with Crippen molar-refractivity contribution >= 4 is 0 Å². The summed E-state index contributed by atoms with van der Waals surface area (Å²) in [4.78, 5) is 0. The van der Waals surface area contributed by atoms with E-state index in [0.717, 1.165) is 18.7 Å². The summed E-state index contributed by atoms with van der Waals surface area (Å²) in [6.45, 7) is 17.0. The second-order valence-corrected chi connectivity index (χ2v) is 7.26. The van der Waals surface area contributed by atoms with Crippen molar-refractivity contribution in [3.8, 4) is 5.75 Å². The normalized spacial score (nSPS) is 12.6. The maximum absolute atomic E-state index is 6.02. The zero-order chi connectivity index (χ0) is 15.4. The van der Waals surface area contributed by atoms with Crippen LogP contribution in [-0.2, 0) is 5.41 Å². The van der Waals surface area contributed by atoms with Gasteiger partial charge in [-0.1, -0.05) is 39.8 Å². The molecule has 0 aliphatic carbocycles. The van der Waals surface area contributed by atoms with Crippen LogP contribution in [-0.4, -0.2) is 18.7 Å². The topological polar surface area (TPSA) is 21.3 Å². The molecule has 1 N–H and O–H groups in total. The van der Waals surface area contributed by atoms with E-state index in [0.29, 0.717) is 6.61 Å². The molecule has 0 bridgehead atoms. The van der Waals surface area contributed by atoms with Crippen molar-refractivity contribution in [2.45, 2.75) is 65.8 Å². The molecule has 0 spiro atoms. The minimum absolute atomic E-state index is 0.110. The van der Waals surface area contributed by atoms with Crippen molar-refractivity contribution in [2.75, 3.05) is 13.2 Å². The highest BCUT2D eigenvalue weighted by Crippen LogP contribution is 2.31. The minimum atomic E-state index is 0.110. The number of hydrogen-bond donors (Lipinski definition) is 1. The second kappa shape index (κ2) is 6.62. The first kappa shape index (κ1) is 17.0. The first-order chi connectivity index (χ1) is 9.15. The number of ether oxygens (including phenoxy) is 1. The Morgan fingerprint density at radius 1 is 1.10 bits per heavy atom. The van der Waals surface area contributed by atoms with Gasteiger partial charge < -0.3 is 10.1 Å². The third-order valence-electron chi connectivity index (χ3n) is 3.79. The summed E-state index contributed by atoms with van der Waals surface area (Å²) in [6.07, 6.45) is 1.12. The van der Waals surface area contributed by atoms with E-state index in [1.807, 2.05) is 0 Å². The van der Waals surface area contributed by atoms with Gasteiger partial charge in [-0.3, -0.25) is 0 Å². The second-order valence-electron chi connectivity index (χ2n) is 7.26. The first-order valence-electron chi connectivity index (χ1n) is 7.65. The van der Waals surface area contributed by atoms with E-state index in [1.54, 1.807) is 0 Å². The number of rotatable bonds is 6. The predicted octanol–water partition coefficient (Wildman–Crippen LogP) is 4.45. The number of aryl methyl sites for hydroxylation is 1. The van der Waals surface area contributed by atoms with Gasteiger partial charge >= 0.3 is 0 Å². The zero-order valence-electron chi connectivity index (χ0n) is 14.3. The van der Waals surface area contributed by atoms with Crippen molar-refractivity contribution in [1.29, 1.82) is 0 Å². The van der Waals surface area contributed by atoms with Gasteiger partial charge in [0.05, 0.1) is 0 Å². The Labute approximate surface area is 124 Å². The van der Waals surface area contributed by atoms with Crippen LogP contribution in [0.1, 0.15) is 59.1 Å². The van der Waals surface area contributed by atoms with E-state index in [2.05, 4.69) is 72.0 Å². The SMILES string of the molecule is CCC(C)(C)NCCOc1cc(C)ccc1C(C)(C)C. The Balaban J connectivity index is 2.66. The molecule has 1 rings (SSSR count). The summed E-state index contributed by atoms with van der Waals surface area (Å²) in [5.74, 6) is 1.02. The van der Waals surface area contributed by atoms with E-state index in [-0.39, 0.29) is 11.0 Å². The lowest BCUT2D eigenvalue weighted by atomic mass is 9.86. The van der Waals surface area contributed by atoms with Gasteiger partial charge in [-0.05, 0) is 49.8 Å². The summed E-state index contributed by atoms with van der Waals surface area (Å²) in [7, 11) is 0. The summed E-state index contributed by atoms with van der Waals surface area (Å²) in [6, 6.07) is 6.49. The average molecular weight is 277 g/mol. The fourth-order valence-electron chi connectivity index (χ4n) is 2.04. The Morgan fingerprint density at radius 2 is 1.75 bits per heavy atom. The smallest absolute Gasteiger partial charge is 0.123 e. The molecule has 114 valence electrons. The Bertz CT molecular complexity index is 430. The van der Waals surface area contributed by atoms with Gasteiger partial charge in [0.15, 0.2) is 0 Å². The number of benzene rings is 1. The van der Waals surface area contributed by atoms with Gasteiger partial charge in [0.25, 0.3) is 0 Å². The predicted molar refractivity (Wildman–Crippen MR) is 87.7 cm³/mol. The monoisotopic (exact) mass is 277 g/mol. The molecule has 0 aromatic heterocycles. The van der Waals surface area contributed by atoms with Gasteiger partial charge in [0, 0.05) is 12.1 Å². The van der Waals surface area contributed by atoms with Crippen LogP contribution in [0, 0.1) is 6.92 Å². The summed E-state index contributed by atoms with van der Waals surface area (Å²) >= 11 is 0. The van der Waals surface area contributed by atoms with Crippen molar-refractivity contribution in [1.82, 2.24) is 5.32 Å². The molecule has 0 saturated carbocycles. The highest BCUT2D eigenvalue weighted by atomic mass is 16.5. The van der Waals surface area contributed by atoms with Crippen LogP contribution in [0.25, 0.3) is 0 Å². The lowest BCUT2D eigenvalue weighted by molar-refractivity contribution is 0.275. The molecular weight excluding hydrogens is 246 g/mol. The Morgan fingerprint density at radius 3 is 2.30 bits per heavy atom. The molecule has 0 heterocycles. The average Bonchev–Trinajstić information content (AvgIpc) is 2.33. The van der Waals surface area contributed by atoms with E-state index in [9.17, 15) is 0 Å². The van der Waals surface area contributed by atoms with Gasteiger partial charge in [0.1, 0.15) is 12.4 Å². The largest absolute Gasteiger partial charge is 0.492 e. The quantitative estimate of drug-likeness (QED) is 0.776. The molecular formula is C18H31NO. The summed E-state index contributed by atoms with van der Waals surface area (Å²) in [5.41, 5.74) is 2.81. The molecule has 0 fully saturated rings. The molecule has 0 aliphatic rings. The fraction of sp³-hybridized carbons (Fsp3) is 0.667. The van der Waals surface area contributed by atoms with Crippen LogP contribution in [0.4, 0.5) is 0 Å². The van der Waals surface area contributed by atoms with Crippen LogP contribution in [0.5, 0.6) is 5.75 Å². The van der Waals surface area contributed by atoms with E-state index < -0.39 is 0 Å².